The number of amides is 1. The van der Waals surface area contributed by atoms with Gasteiger partial charge in [-0.2, -0.15) is 0 Å². The predicted molar refractivity (Wildman–Crippen MR) is 264 cm³/mol. The van der Waals surface area contributed by atoms with Gasteiger partial charge in [-0.15, -0.1) is 0 Å². The van der Waals surface area contributed by atoms with Gasteiger partial charge in [-0.05, 0) is 57.8 Å². The summed E-state index contributed by atoms with van der Waals surface area (Å²) in [7, 11) is 0. The summed E-state index contributed by atoms with van der Waals surface area (Å²) in [6, 6.07) is -0.630. The number of carbonyl (C=O) groups excluding carboxylic acids is 2. The molecule has 0 aliphatic heterocycles. The second kappa shape index (κ2) is 51.0. The number of carbonyl (C=O) groups is 2. The van der Waals surface area contributed by atoms with Crippen molar-refractivity contribution in [1.29, 1.82) is 0 Å². The van der Waals surface area contributed by atoms with Crippen molar-refractivity contribution in [2.24, 2.45) is 0 Å². The molecule has 2 atom stereocenters. The van der Waals surface area contributed by atoms with Crippen molar-refractivity contribution in [3.8, 4) is 0 Å². The normalized spacial score (nSPS) is 12.8. The van der Waals surface area contributed by atoms with Crippen LogP contribution >= 0.6 is 0 Å². The van der Waals surface area contributed by atoms with Gasteiger partial charge in [0.1, 0.15) is 0 Å². The number of allylic oxidation sites excluding steroid dienone is 3. The molecule has 61 heavy (non-hydrogen) atoms. The summed E-state index contributed by atoms with van der Waals surface area (Å²) in [5.41, 5.74) is 0. The van der Waals surface area contributed by atoms with Crippen LogP contribution in [0, 0.1) is 0 Å². The summed E-state index contributed by atoms with van der Waals surface area (Å²) < 4.78 is 5.46. The van der Waals surface area contributed by atoms with Crippen LogP contribution in [-0.4, -0.2) is 47.4 Å². The highest BCUT2D eigenvalue weighted by Crippen LogP contribution is 2.16. The van der Waals surface area contributed by atoms with E-state index in [9.17, 15) is 19.8 Å². The molecular weight excluding hydrogens is 755 g/mol. The topological polar surface area (TPSA) is 95.9 Å². The Morgan fingerprint density at radius 3 is 1.18 bits per heavy atom. The predicted octanol–water partition coefficient (Wildman–Crippen LogP) is 16.3. The molecule has 0 aliphatic rings. The lowest BCUT2D eigenvalue weighted by Crippen LogP contribution is -2.45. The molecule has 0 spiro atoms. The summed E-state index contributed by atoms with van der Waals surface area (Å²) in [6.07, 6.45) is 60.4. The minimum absolute atomic E-state index is 0.00299. The molecule has 0 aromatic heterocycles. The van der Waals surface area contributed by atoms with E-state index in [1.807, 2.05) is 6.08 Å². The summed E-state index contributed by atoms with van der Waals surface area (Å²) >= 11 is 0. The number of hydrogen-bond donors (Lipinski definition) is 3. The van der Waals surface area contributed by atoms with Crippen LogP contribution in [0.4, 0.5) is 0 Å². The average Bonchev–Trinajstić information content (AvgIpc) is 3.26. The van der Waals surface area contributed by atoms with Gasteiger partial charge in [0, 0.05) is 12.8 Å². The molecule has 0 saturated heterocycles. The Hall–Kier alpha value is -1.66. The number of hydrogen-bond acceptors (Lipinski definition) is 5. The molecule has 6 nitrogen and oxygen atoms in total. The smallest absolute Gasteiger partial charge is 0.305 e. The molecule has 0 aliphatic carbocycles. The van der Waals surface area contributed by atoms with Gasteiger partial charge >= 0.3 is 5.97 Å². The Kier molecular flexibility index (Phi) is 49.6. The monoisotopic (exact) mass is 860 g/mol. The lowest BCUT2D eigenvalue weighted by atomic mass is 10.0. The minimum atomic E-state index is -0.846. The van der Waals surface area contributed by atoms with Gasteiger partial charge < -0.3 is 20.3 Å². The van der Waals surface area contributed by atoms with Gasteiger partial charge in [-0.25, -0.2) is 0 Å². The van der Waals surface area contributed by atoms with Crippen LogP contribution in [0.15, 0.2) is 24.3 Å². The Morgan fingerprint density at radius 2 is 0.770 bits per heavy atom. The van der Waals surface area contributed by atoms with Crippen LogP contribution in [0.5, 0.6) is 0 Å². The molecule has 3 N–H and O–H groups in total. The fourth-order valence-electron chi connectivity index (χ4n) is 8.27. The molecule has 0 bridgehead atoms. The first-order valence-corrected chi connectivity index (χ1v) is 27.1. The van der Waals surface area contributed by atoms with E-state index in [2.05, 4.69) is 31.3 Å². The van der Waals surface area contributed by atoms with Gasteiger partial charge in [0.15, 0.2) is 0 Å². The maximum atomic E-state index is 12.4. The zero-order valence-electron chi connectivity index (χ0n) is 40.9. The number of nitrogens with one attached hydrogen (secondary N) is 1. The van der Waals surface area contributed by atoms with E-state index in [-0.39, 0.29) is 18.5 Å². The Labute approximate surface area is 380 Å². The van der Waals surface area contributed by atoms with E-state index < -0.39 is 12.1 Å². The first-order valence-electron chi connectivity index (χ1n) is 27.1. The van der Waals surface area contributed by atoms with Crippen LogP contribution in [-0.2, 0) is 14.3 Å². The minimum Gasteiger partial charge on any atom is -0.466 e. The van der Waals surface area contributed by atoms with Crippen molar-refractivity contribution in [2.75, 3.05) is 13.2 Å². The van der Waals surface area contributed by atoms with Crippen molar-refractivity contribution in [1.82, 2.24) is 5.32 Å². The molecule has 0 aromatic carbocycles. The van der Waals surface area contributed by atoms with Crippen LogP contribution < -0.4 is 5.32 Å². The summed E-state index contributed by atoms with van der Waals surface area (Å²) in [5, 5.41) is 23.0. The second-order valence-electron chi connectivity index (χ2n) is 18.6. The summed E-state index contributed by atoms with van der Waals surface area (Å²) in [4.78, 5) is 24.4. The third kappa shape index (κ3) is 47.7. The Balaban J connectivity index is 3.43. The molecule has 0 heterocycles. The lowest BCUT2D eigenvalue weighted by molar-refractivity contribution is -0.143. The Bertz CT molecular complexity index is 951. The van der Waals surface area contributed by atoms with Crippen LogP contribution in [0.2, 0.25) is 0 Å². The Morgan fingerprint density at radius 1 is 0.443 bits per heavy atom. The van der Waals surface area contributed by atoms with E-state index in [4.69, 9.17) is 4.74 Å². The van der Waals surface area contributed by atoms with Gasteiger partial charge in [-0.3, -0.25) is 9.59 Å². The van der Waals surface area contributed by atoms with Crippen LogP contribution in [0.3, 0.4) is 0 Å². The van der Waals surface area contributed by atoms with Gasteiger partial charge in [0.25, 0.3) is 0 Å². The van der Waals surface area contributed by atoms with Crippen molar-refractivity contribution in [2.45, 2.75) is 302 Å². The highest BCUT2D eigenvalue weighted by Gasteiger charge is 2.18. The third-order valence-electron chi connectivity index (χ3n) is 12.5. The maximum absolute atomic E-state index is 12.4. The van der Waals surface area contributed by atoms with E-state index in [0.29, 0.717) is 19.4 Å². The first-order chi connectivity index (χ1) is 30.0. The van der Waals surface area contributed by atoms with Crippen molar-refractivity contribution in [3.63, 3.8) is 0 Å². The van der Waals surface area contributed by atoms with E-state index >= 15 is 0 Å². The standard InChI is InChI=1S/C55H105NO5/c1-3-5-7-9-11-13-15-23-27-31-35-39-43-47-53(58)52(51-57)56-54(59)48-44-40-36-32-28-25-21-19-17-18-20-22-26-30-34-38-42-46-50-61-55(60)49-45-41-37-33-29-24-16-14-12-10-8-6-4-2/h14,16,43,47,52-53,57-58H,3-13,15,17-42,44-46,48-51H2,1-2H3,(H,56,59)/b16-14-,47-43+. The number of unbranched alkanes of at least 4 members (excludes halogenated alkanes) is 37. The highest BCUT2D eigenvalue weighted by atomic mass is 16.5. The molecular formula is C55H105NO5. The van der Waals surface area contributed by atoms with E-state index in [0.717, 1.165) is 44.9 Å². The number of ether oxygens (including phenoxy) is 1. The second-order valence-corrected chi connectivity index (χ2v) is 18.6. The van der Waals surface area contributed by atoms with Crippen LogP contribution in [0.25, 0.3) is 0 Å². The van der Waals surface area contributed by atoms with E-state index in [1.54, 1.807) is 6.08 Å². The molecule has 0 aromatic rings. The molecule has 0 radical (unpaired) electrons. The van der Waals surface area contributed by atoms with Gasteiger partial charge in [-0.1, -0.05) is 244 Å². The first kappa shape index (κ1) is 59.3. The largest absolute Gasteiger partial charge is 0.466 e. The van der Waals surface area contributed by atoms with Gasteiger partial charge in [0.05, 0.1) is 25.4 Å². The molecule has 2 unspecified atom stereocenters. The van der Waals surface area contributed by atoms with Crippen molar-refractivity contribution >= 4 is 11.9 Å². The molecule has 360 valence electrons. The SMILES string of the molecule is CCCCCC/C=C\CCCCCCCC(=O)OCCCCCCCCCCCCCCCCCCCCC(=O)NC(CO)C(O)/C=C/CCCCCCCCCCCCC. The van der Waals surface area contributed by atoms with Crippen molar-refractivity contribution in [3.05, 3.63) is 24.3 Å². The molecule has 0 rings (SSSR count). The number of aliphatic hydroxyl groups excluding tert-OH is 2. The van der Waals surface area contributed by atoms with Gasteiger partial charge in [0.2, 0.25) is 5.91 Å². The van der Waals surface area contributed by atoms with Crippen molar-refractivity contribution < 1.29 is 24.5 Å². The zero-order chi connectivity index (χ0) is 44.4. The molecule has 6 heteroatoms. The lowest BCUT2D eigenvalue weighted by Gasteiger charge is -2.20. The zero-order valence-corrected chi connectivity index (χ0v) is 40.9. The summed E-state index contributed by atoms with van der Waals surface area (Å²) in [6.45, 7) is 4.87. The number of rotatable bonds is 50. The molecule has 0 saturated carbocycles. The quantitative estimate of drug-likeness (QED) is 0.0322. The molecule has 1 amide bonds. The highest BCUT2D eigenvalue weighted by molar-refractivity contribution is 5.76. The number of esters is 1. The third-order valence-corrected chi connectivity index (χ3v) is 12.5. The number of aliphatic hydroxyl groups is 2. The van der Waals surface area contributed by atoms with Crippen LogP contribution in [0.1, 0.15) is 290 Å². The fraction of sp³-hybridized carbons (Fsp3) is 0.891. The maximum Gasteiger partial charge on any atom is 0.305 e. The fourth-order valence-corrected chi connectivity index (χ4v) is 8.27. The molecule has 0 fully saturated rings. The van der Waals surface area contributed by atoms with E-state index in [1.165, 1.54) is 218 Å². The average molecular weight is 860 g/mol. The summed E-state index contributed by atoms with van der Waals surface area (Å²) in [5.74, 6) is -0.0752.